The maximum absolute atomic E-state index is 13.1. The Hall–Kier alpha value is -2.88. The van der Waals surface area contributed by atoms with Gasteiger partial charge in [-0.3, -0.25) is 9.48 Å². The van der Waals surface area contributed by atoms with Crippen LogP contribution in [0.15, 0.2) is 66.9 Å². The first-order valence-corrected chi connectivity index (χ1v) is 9.17. The predicted octanol–water partition coefficient (Wildman–Crippen LogP) is 4.08. The van der Waals surface area contributed by atoms with Crippen molar-refractivity contribution in [2.45, 2.75) is 19.9 Å². The van der Waals surface area contributed by atoms with Crippen LogP contribution >= 0.6 is 0 Å². The van der Waals surface area contributed by atoms with Crippen molar-refractivity contribution in [2.75, 3.05) is 13.1 Å². The van der Waals surface area contributed by atoms with E-state index in [-0.39, 0.29) is 5.91 Å². The van der Waals surface area contributed by atoms with Crippen LogP contribution in [0.4, 0.5) is 0 Å². The van der Waals surface area contributed by atoms with Gasteiger partial charge in [0.05, 0.1) is 12.1 Å². The zero-order valence-corrected chi connectivity index (χ0v) is 15.0. The molecule has 4 heteroatoms. The maximum Gasteiger partial charge on any atom is 0.257 e. The molecule has 0 spiro atoms. The summed E-state index contributed by atoms with van der Waals surface area (Å²) in [6.45, 7) is 4.52. The SMILES string of the molecule is CC1CCN(C(=O)c2cn(Cc3ccccc3)nc2-c2ccccc2)C1. The van der Waals surface area contributed by atoms with E-state index < -0.39 is 0 Å². The lowest BCUT2D eigenvalue weighted by Crippen LogP contribution is -2.28. The van der Waals surface area contributed by atoms with Gasteiger partial charge in [0.15, 0.2) is 0 Å². The van der Waals surface area contributed by atoms with Crippen LogP contribution in [-0.4, -0.2) is 33.7 Å². The summed E-state index contributed by atoms with van der Waals surface area (Å²) in [6, 6.07) is 20.2. The Kier molecular flexibility index (Phi) is 4.57. The molecule has 3 aromatic rings. The number of hydrogen-bond donors (Lipinski definition) is 0. The number of nitrogens with zero attached hydrogens (tertiary/aromatic N) is 3. The Labute approximate surface area is 154 Å². The highest BCUT2D eigenvalue weighted by atomic mass is 16.2. The monoisotopic (exact) mass is 345 g/mol. The molecule has 0 radical (unpaired) electrons. The van der Waals surface area contributed by atoms with Gasteiger partial charge in [0.2, 0.25) is 0 Å². The van der Waals surface area contributed by atoms with Crippen LogP contribution in [0.25, 0.3) is 11.3 Å². The molecule has 4 rings (SSSR count). The quantitative estimate of drug-likeness (QED) is 0.714. The van der Waals surface area contributed by atoms with E-state index in [0.717, 1.165) is 30.8 Å². The lowest BCUT2D eigenvalue weighted by atomic mass is 10.1. The number of hydrogen-bond acceptors (Lipinski definition) is 2. The molecule has 1 amide bonds. The zero-order chi connectivity index (χ0) is 17.9. The van der Waals surface area contributed by atoms with Crippen molar-refractivity contribution in [3.8, 4) is 11.3 Å². The van der Waals surface area contributed by atoms with E-state index >= 15 is 0 Å². The number of carbonyl (C=O) groups is 1. The Morgan fingerprint density at radius 2 is 1.77 bits per heavy atom. The Morgan fingerprint density at radius 3 is 2.42 bits per heavy atom. The third-order valence-corrected chi connectivity index (χ3v) is 4.94. The van der Waals surface area contributed by atoms with Crippen molar-refractivity contribution in [1.29, 1.82) is 0 Å². The highest BCUT2D eigenvalue weighted by molar-refractivity contribution is 6.00. The molecule has 0 N–H and O–H groups in total. The van der Waals surface area contributed by atoms with Gasteiger partial charge in [-0.05, 0) is 17.9 Å². The zero-order valence-electron chi connectivity index (χ0n) is 15.0. The number of carbonyl (C=O) groups excluding carboxylic acids is 1. The van der Waals surface area contributed by atoms with E-state index in [1.165, 1.54) is 5.56 Å². The second-order valence-electron chi connectivity index (χ2n) is 7.09. The van der Waals surface area contributed by atoms with Crippen molar-refractivity contribution in [1.82, 2.24) is 14.7 Å². The summed E-state index contributed by atoms with van der Waals surface area (Å²) >= 11 is 0. The van der Waals surface area contributed by atoms with Gasteiger partial charge in [-0.15, -0.1) is 0 Å². The second kappa shape index (κ2) is 7.16. The van der Waals surface area contributed by atoms with Crippen molar-refractivity contribution in [2.24, 2.45) is 5.92 Å². The minimum Gasteiger partial charge on any atom is -0.338 e. The van der Waals surface area contributed by atoms with Crippen LogP contribution in [0, 0.1) is 5.92 Å². The van der Waals surface area contributed by atoms with Gasteiger partial charge in [-0.25, -0.2) is 0 Å². The van der Waals surface area contributed by atoms with Gasteiger partial charge in [0.25, 0.3) is 5.91 Å². The Bertz CT molecular complexity index is 886. The molecule has 4 nitrogen and oxygen atoms in total. The third kappa shape index (κ3) is 3.40. The Balaban J connectivity index is 1.70. The first-order valence-electron chi connectivity index (χ1n) is 9.17. The average molecular weight is 345 g/mol. The van der Waals surface area contributed by atoms with Gasteiger partial charge in [0.1, 0.15) is 5.69 Å². The number of likely N-dealkylation sites (tertiary alicyclic amines) is 1. The topological polar surface area (TPSA) is 38.1 Å². The van der Waals surface area contributed by atoms with Gasteiger partial charge < -0.3 is 4.90 Å². The van der Waals surface area contributed by atoms with Gasteiger partial charge in [-0.2, -0.15) is 5.10 Å². The standard InChI is InChI=1S/C22H23N3O/c1-17-12-13-24(14-17)22(26)20-16-25(15-18-8-4-2-5-9-18)23-21(20)19-10-6-3-7-11-19/h2-11,16-17H,12-15H2,1H3. The summed E-state index contributed by atoms with van der Waals surface area (Å²) < 4.78 is 1.88. The second-order valence-corrected chi connectivity index (χ2v) is 7.09. The molecular weight excluding hydrogens is 322 g/mol. The van der Waals surface area contributed by atoms with Crippen molar-refractivity contribution in [3.63, 3.8) is 0 Å². The minimum atomic E-state index is 0.0903. The average Bonchev–Trinajstić information content (AvgIpc) is 3.29. The fourth-order valence-corrected chi connectivity index (χ4v) is 3.53. The van der Waals surface area contributed by atoms with Gasteiger partial charge in [0, 0.05) is 24.8 Å². The van der Waals surface area contributed by atoms with Crippen LogP contribution in [-0.2, 0) is 6.54 Å². The van der Waals surface area contributed by atoms with Crippen LogP contribution in [0.2, 0.25) is 0 Å². The van der Waals surface area contributed by atoms with Gasteiger partial charge in [-0.1, -0.05) is 67.6 Å². The molecule has 0 saturated carbocycles. The summed E-state index contributed by atoms with van der Waals surface area (Å²) in [5.74, 6) is 0.658. The van der Waals surface area contributed by atoms with Crippen LogP contribution in [0.3, 0.4) is 0 Å². The van der Waals surface area contributed by atoms with E-state index in [2.05, 4.69) is 19.1 Å². The van der Waals surface area contributed by atoms with E-state index in [9.17, 15) is 4.79 Å². The lowest BCUT2D eigenvalue weighted by molar-refractivity contribution is 0.0788. The minimum absolute atomic E-state index is 0.0903. The molecule has 0 aliphatic carbocycles. The number of benzene rings is 2. The first-order chi connectivity index (χ1) is 12.7. The largest absolute Gasteiger partial charge is 0.338 e. The lowest BCUT2D eigenvalue weighted by Gasteiger charge is -2.15. The normalized spacial score (nSPS) is 16.8. The van der Waals surface area contributed by atoms with Gasteiger partial charge >= 0.3 is 0 Å². The number of amides is 1. The van der Waals surface area contributed by atoms with Crippen molar-refractivity contribution >= 4 is 5.91 Å². The third-order valence-electron chi connectivity index (χ3n) is 4.94. The smallest absolute Gasteiger partial charge is 0.257 e. The molecule has 1 fully saturated rings. The summed E-state index contributed by atoms with van der Waals surface area (Å²) in [6.07, 6.45) is 2.98. The summed E-state index contributed by atoms with van der Waals surface area (Å²) in [4.78, 5) is 15.1. The fourth-order valence-electron chi connectivity index (χ4n) is 3.53. The molecule has 1 saturated heterocycles. The van der Waals surface area contributed by atoms with Crippen molar-refractivity contribution < 1.29 is 4.79 Å². The van der Waals surface area contributed by atoms with Crippen LogP contribution in [0.5, 0.6) is 0 Å². The maximum atomic E-state index is 13.1. The van der Waals surface area contributed by atoms with E-state index in [4.69, 9.17) is 5.10 Å². The van der Waals surface area contributed by atoms with E-state index in [1.54, 1.807) is 0 Å². The summed E-state index contributed by atoms with van der Waals surface area (Å²) in [5, 5.41) is 4.76. The van der Waals surface area contributed by atoms with E-state index in [0.29, 0.717) is 18.0 Å². The van der Waals surface area contributed by atoms with E-state index in [1.807, 2.05) is 64.3 Å². The Morgan fingerprint density at radius 1 is 1.08 bits per heavy atom. The molecule has 1 aromatic heterocycles. The molecule has 1 unspecified atom stereocenters. The molecule has 2 aromatic carbocycles. The number of rotatable bonds is 4. The summed E-state index contributed by atoms with van der Waals surface area (Å²) in [7, 11) is 0. The predicted molar refractivity (Wildman–Crippen MR) is 103 cm³/mol. The molecule has 1 aliphatic heterocycles. The molecule has 2 heterocycles. The van der Waals surface area contributed by atoms with Crippen LogP contribution in [0.1, 0.15) is 29.3 Å². The fraction of sp³-hybridized carbons (Fsp3) is 0.273. The highest BCUT2D eigenvalue weighted by Crippen LogP contribution is 2.26. The summed E-state index contributed by atoms with van der Waals surface area (Å²) in [5.41, 5.74) is 3.62. The number of aromatic nitrogens is 2. The highest BCUT2D eigenvalue weighted by Gasteiger charge is 2.27. The molecular formula is C22H23N3O. The van der Waals surface area contributed by atoms with Crippen LogP contribution < -0.4 is 0 Å². The first kappa shape index (κ1) is 16.6. The molecule has 1 atom stereocenters. The molecule has 0 bridgehead atoms. The molecule has 26 heavy (non-hydrogen) atoms. The molecule has 132 valence electrons. The van der Waals surface area contributed by atoms with Crippen molar-refractivity contribution in [3.05, 3.63) is 78.0 Å². The molecule has 1 aliphatic rings.